The van der Waals surface area contributed by atoms with Crippen LogP contribution in [0.5, 0.6) is 0 Å². The van der Waals surface area contributed by atoms with E-state index in [0.717, 1.165) is 19.3 Å². The van der Waals surface area contributed by atoms with E-state index >= 15 is 0 Å². The van der Waals surface area contributed by atoms with Crippen LogP contribution in [-0.4, -0.2) is 25.5 Å². The molecule has 0 spiro atoms. The van der Waals surface area contributed by atoms with E-state index in [4.69, 9.17) is 11.5 Å². The molecule has 0 aliphatic heterocycles. The zero-order chi connectivity index (χ0) is 9.23. The normalized spacial score (nSPS) is 9.83. The van der Waals surface area contributed by atoms with Crippen LogP contribution < -0.4 is 16.8 Å². The van der Waals surface area contributed by atoms with Gasteiger partial charge in [-0.3, -0.25) is 10.5 Å². The SMILES string of the molecule is [NH]CCCCC(=O)NCCCN. The van der Waals surface area contributed by atoms with E-state index in [2.05, 4.69) is 5.32 Å². The first kappa shape index (κ1) is 11.4. The average molecular weight is 172 g/mol. The summed E-state index contributed by atoms with van der Waals surface area (Å²) >= 11 is 0. The smallest absolute Gasteiger partial charge is 0.219 e. The molecule has 1 radical (unpaired) electrons. The van der Waals surface area contributed by atoms with E-state index in [1.807, 2.05) is 0 Å². The maximum Gasteiger partial charge on any atom is 0.219 e. The van der Waals surface area contributed by atoms with Crippen LogP contribution >= 0.6 is 0 Å². The fraction of sp³-hybridized carbons (Fsp3) is 0.875. The van der Waals surface area contributed by atoms with Crippen LogP contribution in [0.4, 0.5) is 0 Å². The van der Waals surface area contributed by atoms with Gasteiger partial charge < -0.3 is 11.1 Å². The van der Waals surface area contributed by atoms with Crippen molar-refractivity contribution in [3.8, 4) is 0 Å². The van der Waals surface area contributed by atoms with Gasteiger partial charge in [0.1, 0.15) is 0 Å². The van der Waals surface area contributed by atoms with Gasteiger partial charge >= 0.3 is 0 Å². The quantitative estimate of drug-likeness (QED) is 0.526. The lowest BCUT2D eigenvalue weighted by Crippen LogP contribution is -2.25. The molecule has 0 aromatic heterocycles. The van der Waals surface area contributed by atoms with Crippen LogP contribution in [0.15, 0.2) is 0 Å². The Labute approximate surface area is 73.7 Å². The van der Waals surface area contributed by atoms with E-state index in [-0.39, 0.29) is 5.91 Å². The van der Waals surface area contributed by atoms with Crippen LogP contribution in [0.1, 0.15) is 25.7 Å². The number of carbonyl (C=O) groups excluding carboxylic acids is 1. The molecule has 0 saturated heterocycles. The van der Waals surface area contributed by atoms with Gasteiger partial charge in [-0.15, -0.1) is 0 Å². The van der Waals surface area contributed by atoms with Gasteiger partial charge in [0, 0.05) is 19.5 Å². The number of hydrogen-bond acceptors (Lipinski definition) is 2. The minimum atomic E-state index is 0.0805. The molecule has 0 bridgehead atoms. The molecule has 0 unspecified atom stereocenters. The average Bonchev–Trinajstić information content (AvgIpc) is 2.06. The Morgan fingerprint density at radius 3 is 2.67 bits per heavy atom. The molecule has 4 heteroatoms. The molecule has 0 aliphatic rings. The summed E-state index contributed by atoms with van der Waals surface area (Å²) in [4.78, 5) is 11.0. The van der Waals surface area contributed by atoms with Crippen LogP contribution in [-0.2, 0) is 4.79 Å². The Kier molecular flexibility index (Phi) is 8.05. The number of amides is 1. The molecule has 0 fully saturated rings. The van der Waals surface area contributed by atoms with E-state index in [0.29, 0.717) is 26.1 Å². The maximum absolute atomic E-state index is 11.0. The third-order valence-corrected chi connectivity index (χ3v) is 1.53. The maximum atomic E-state index is 11.0. The highest BCUT2D eigenvalue weighted by Gasteiger charge is 1.98. The molecule has 71 valence electrons. The Bertz CT molecular complexity index is 105. The third kappa shape index (κ3) is 7.50. The van der Waals surface area contributed by atoms with Crippen molar-refractivity contribution in [2.75, 3.05) is 19.6 Å². The monoisotopic (exact) mass is 172 g/mol. The van der Waals surface area contributed by atoms with Crippen molar-refractivity contribution in [2.24, 2.45) is 5.73 Å². The van der Waals surface area contributed by atoms with Crippen molar-refractivity contribution >= 4 is 5.91 Å². The van der Waals surface area contributed by atoms with Crippen LogP contribution in [0.3, 0.4) is 0 Å². The molecule has 0 rings (SSSR count). The Morgan fingerprint density at radius 1 is 1.33 bits per heavy atom. The Balaban J connectivity index is 3.10. The lowest BCUT2D eigenvalue weighted by molar-refractivity contribution is -0.121. The lowest BCUT2D eigenvalue weighted by Gasteiger charge is -2.02. The van der Waals surface area contributed by atoms with E-state index < -0.39 is 0 Å². The molecule has 0 saturated carbocycles. The molecule has 1 amide bonds. The predicted octanol–water partition coefficient (Wildman–Crippen LogP) is -0.0954. The van der Waals surface area contributed by atoms with E-state index in [1.165, 1.54) is 0 Å². The van der Waals surface area contributed by atoms with Crippen LogP contribution in [0.25, 0.3) is 0 Å². The molecule has 0 aromatic carbocycles. The summed E-state index contributed by atoms with van der Waals surface area (Å²) in [6.45, 7) is 1.71. The number of hydrogen-bond donors (Lipinski definition) is 2. The van der Waals surface area contributed by atoms with Crippen molar-refractivity contribution in [1.82, 2.24) is 11.1 Å². The lowest BCUT2D eigenvalue weighted by atomic mass is 10.2. The first-order chi connectivity index (χ1) is 5.81. The van der Waals surface area contributed by atoms with Gasteiger partial charge in [-0.25, -0.2) is 0 Å². The molecule has 4 N–H and O–H groups in total. The molecular weight excluding hydrogens is 154 g/mol. The molecule has 0 aliphatic carbocycles. The Hall–Kier alpha value is -0.610. The predicted molar refractivity (Wildman–Crippen MR) is 48.5 cm³/mol. The van der Waals surface area contributed by atoms with E-state index in [1.54, 1.807) is 0 Å². The van der Waals surface area contributed by atoms with Gasteiger partial charge in [0.25, 0.3) is 0 Å². The minimum Gasteiger partial charge on any atom is -0.356 e. The summed E-state index contributed by atoms with van der Waals surface area (Å²) in [6.07, 6.45) is 3.01. The molecular formula is C8H18N3O. The summed E-state index contributed by atoms with van der Waals surface area (Å²) in [5, 5.41) is 2.76. The van der Waals surface area contributed by atoms with Gasteiger partial charge in [0.2, 0.25) is 5.91 Å². The Morgan fingerprint density at radius 2 is 2.08 bits per heavy atom. The third-order valence-electron chi connectivity index (χ3n) is 1.53. The molecule has 4 nitrogen and oxygen atoms in total. The van der Waals surface area contributed by atoms with Gasteiger partial charge in [0.15, 0.2) is 0 Å². The highest BCUT2D eigenvalue weighted by atomic mass is 16.1. The standard InChI is InChI=1S/C8H18N3O/c9-5-2-1-4-8(12)11-7-3-6-10/h9H,1-7,10H2,(H,11,12). The highest BCUT2D eigenvalue weighted by Crippen LogP contribution is 1.92. The second-order valence-electron chi connectivity index (χ2n) is 2.70. The van der Waals surface area contributed by atoms with Gasteiger partial charge in [0.05, 0.1) is 0 Å². The second kappa shape index (κ2) is 8.49. The second-order valence-corrected chi connectivity index (χ2v) is 2.70. The largest absolute Gasteiger partial charge is 0.356 e. The van der Waals surface area contributed by atoms with Crippen molar-refractivity contribution in [3.63, 3.8) is 0 Å². The zero-order valence-corrected chi connectivity index (χ0v) is 7.44. The fourth-order valence-corrected chi connectivity index (χ4v) is 0.829. The first-order valence-electron chi connectivity index (χ1n) is 4.42. The fourth-order valence-electron chi connectivity index (χ4n) is 0.829. The first-order valence-corrected chi connectivity index (χ1v) is 4.42. The summed E-state index contributed by atoms with van der Waals surface area (Å²) in [6, 6.07) is 0. The molecule has 0 atom stereocenters. The van der Waals surface area contributed by atoms with Crippen LogP contribution in [0, 0.1) is 0 Å². The molecule has 12 heavy (non-hydrogen) atoms. The minimum absolute atomic E-state index is 0.0805. The van der Waals surface area contributed by atoms with Gasteiger partial charge in [-0.2, -0.15) is 0 Å². The van der Waals surface area contributed by atoms with Crippen molar-refractivity contribution in [3.05, 3.63) is 0 Å². The van der Waals surface area contributed by atoms with Crippen molar-refractivity contribution < 1.29 is 4.79 Å². The number of nitrogens with two attached hydrogens (primary N) is 1. The zero-order valence-electron chi connectivity index (χ0n) is 7.44. The highest BCUT2D eigenvalue weighted by molar-refractivity contribution is 5.75. The van der Waals surface area contributed by atoms with Crippen molar-refractivity contribution in [2.45, 2.75) is 25.7 Å². The number of nitrogens with one attached hydrogen (secondary N) is 2. The van der Waals surface area contributed by atoms with Crippen LogP contribution in [0.2, 0.25) is 0 Å². The van der Waals surface area contributed by atoms with Crippen molar-refractivity contribution in [1.29, 1.82) is 0 Å². The number of carbonyl (C=O) groups is 1. The number of rotatable bonds is 7. The van der Waals surface area contributed by atoms with Gasteiger partial charge in [-0.1, -0.05) is 0 Å². The van der Waals surface area contributed by atoms with Gasteiger partial charge in [-0.05, 0) is 25.8 Å². The van der Waals surface area contributed by atoms with E-state index in [9.17, 15) is 4.79 Å². The molecule has 0 aromatic rings. The summed E-state index contributed by atoms with van der Waals surface area (Å²) in [5.41, 5.74) is 12.1. The molecule has 0 heterocycles. The summed E-state index contributed by atoms with van der Waals surface area (Å²) < 4.78 is 0. The summed E-state index contributed by atoms with van der Waals surface area (Å²) in [5.74, 6) is 0.0805. The topological polar surface area (TPSA) is 78.9 Å². The number of unbranched alkanes of at least 4 members (excludes halogenated alkanes) is 1. The summed E-state index contributed by atoms with van der Waals surface area (Å²) in [7, 11) is 0.